The predicted octanol–water partition coefficient (Wildman–Crippen LogP) is 4.50. The molecule has 0 bridgehead atoms. The highest BCUT2D eigenvalue weighted by molar-refractivity contribution is 7.99. The number of pyridine rings is 1. The number of anilines is 1. The van der Waals surface area contributed by atoms with Crippen LogP contribution in [0, 0.1) is 0 Å². The molecule has 32 heavy (non-hydrogen) atoms. The van der Waals surface area contributed by atoms with E-state index in [-0.39, 0.29) is 0 Å². The smallest absolute Gasteiger partial charge is 0.132 e. The Morgan fingerprint density at radius 2 is 1.62 bits per heavy atom. The van der Waals surface area contributed by atoms with Gasteiger partial charge in [-0.2, -0.15) is 0 Å². The van der Waals surface area contributed by atoms with Crippen LogP contribution in [0.15, 0.2) is 82.7 Å². The molecule has 5 nitrogen and oxygen atoms in total. The lowest BCUT2D eigenvalue weighted by Crippen LogP contribution is -2.48. The molecule has 2 aromatic carbocycles. The Morgan fingerprint density at radius 3 is 2.38 bits per heavy atom. The lowest BCUT2D eigenvalue weighted by molar-refractivity contribution is 0.211. The van der Waals surface area contributed by atoms with Crippen LogP contribution in [0.3, 0.4) is 0 Å². The largest absolute Gasteiger partial charge is 0.496 e. The highest BCUT2D eigenvalue weighted by atomic mass is 32.2. The fraction of sp³-hybridized carbons (Fsp3) is 0.346. The number of hydrogen-bond donors (Lipinski definition) is 0. The molecule has 4 rings (SSSR count). The lowest BCUT2D eigenvalue weighted by Gasteiger charge is -2.36. The Balaban J connectivity index is 1.28. The summed E-state index contributed by atoms with van der Waals surface area (Å²) in [5.41, 5.74) is 1.35. The molecule has 3 aromatic rings. The van der Waals surface area contributed by atoms with Crippen LogP contribution in [0.4, 0.5) is 5.82 Å². The summed E-state index contributed by atoms with van der Waals surface area (Å²) < 4.78 is 5.54. The van der Waals surface area contributed by atoms with E-state index in [4.69, 9.17) is 4.74 Å². The summed E-state index contributed by atoms with van der Waals surface area (Å²) in [7, 11) is 3.95. The van der Waals surface area contributed by atoms with Gasteiger partial charge < -0.3 is 14.5 Å². The fourth-order valence-electron chi connectivity index (χ4n) is 3.98. The molecule has 0 atom stereocenters. The third-order valence-electron chi connectivity index (χ3n) is 5.85. The Bertz CT molecular complexity index is 976. The number of para-hydroxylation sites is 1. The molecule has 0 amide bonds. The summed E-state index contributed by atoms with van der Waals surface area (Å²) in [6.45, 7) is 7.34. The summed E-state index contributed by atoms with van der Waals surface area (Å²) in [4.78, 5) is 14.3. The highest BCUT2D eigenvalue weighted by Gasteiger charge is 2.18. The van der Waals surface area contributed by atoms with E-state index in [9.17, 15) is 0 Å². The van der Waals surface area contributed by atoms with Gasteiger partial charge in [0.25, 0.3) is 0 Å². The summed E-state index contributed by atoms with van der Waals surface area (Å²) in [5, 5.41) is 0. The fourth-order valence-corrected chi connectivity index (χ4v) is 5.02. The number of benzene rings is 2. The third kappa shape index (κ3) is 6.03. The maximum Gasteiger partial charge on any atom is 0.132 e. The minimum atomic E-state index is 0.922. The zero-order valence-corrected chi connectivity index (χ0v) is 19.8. The van der Waals surface area contributed by atoms with Crippen LogP contribution < -0.4 is 9.64 Å². The first-order chi connectivity index (χ1) is 15.7. The molecule has 0 aliphatic carbocycles. The van der Waals surface area contributed by atoms with Crippen molar-refractivity contribution in [1.29, 1.82) is 0 Å². The number of aromatic nitrogens is 1. The minimum Gasteiger partial charge on any atom is -0.496 e. The van der Waals surface area contributed by atoms with Crippen LogP contribution in [0.2, 0.25) is 0 Å². The van der Waals surface area contributed by atoms with Gasteiger partial charge in [-0.1, -0.05) is 48.2 Å². The van der Waals surface area contributed by atoms with Crippen molar-refractivity contribution in [3.8, 4) is 5.75 Å². The third-order valence-corrected chi connectivity index (χ3v) is 7.02. The summed E-state index contributed by atoms with van der Waals surface area (Å²) >= 11 is 1.78. The lowest BCUT2D eigenvalue weighted by atomic mass is 10.2. The summed E-state index contributed by atoms with van der Waals surface area (Å²) in [6, 6.07) is 23.0. The molecule has 168 valence electrons. The average Bonchev–Trinajstić information content (AvgIpc) is 2.85. The maximum absolute atomic E-state index is 5.54. The van der Waals surface area contributed by atoms with Crippen molar-refractivity contribution < 1.29 is 4.74 Å². The number of hydrogen-bond acceptors (Lipinski definition) is 6. The Hall–Kier alpha value is -2.54. The second kappa shape index (κ2) is 11.4. The van der Waals surface area contributed by atoms with Crippen LogP contribution in [0.1, 0.15) is 5.56 Å². The van der Waals surface area contributed by atoms with Gasteiger partial charge in [0.2, 0.25) is 0 Å². The Kier molecular flexibility index (Phi) is 8.04. The van der Waals surface area contributed by atoms with Gasteiger partial charge in [-0.05, 0) is 42.9 Å². The first kappa shape index (κ1) is 22.6. The van der Waals surface area contributed by atoms with Crippen molar-refractivity contribution >= 4 is 17.6 Å². The normalized spacial score (nSPS) is 14.7. The molecule has 1 aliphatic heterocycles. The molecular weight excluding hydrogens is 416 g/mol. The van der Waals surface area contributed by atoms with Gasteiger partial charge in [0.05, 0.1) is 12.0 Å². The SMILES string of the molecule is COc1ccccc1Sc1ccccc1CN(C)CCN1CCN(c2ccccn2)CC1. The Morgan fingerprint density at radius 1 is 0.906 bits per heavy atom. The molecule has 0 spiro atoms. The van der Waals surface area contributed by atoms with E-state index in [1.165, 1.54) is 10.5 Å². The number of methoxy groups -OCH3 is 1. The number of nitrogens with zero attached hydrogens (tertiary/aromatic N) is 4. The second-order valence-corrected chi connectivity index (χ2v) is 9.20. The predicted molar refractivity (Wildman–Crippen MR) is 133 cm³/mol. The molecule has 0 saturated carbocycles. The Labute approximate surface area is 196 Å². The van der Waals surface area contributed by atoms with Crippen LogP contribution in [-0.2, 0) is 6.54 Å². The van der Waals surface area contributed by atoms with Gasteiger partial charge in [-0.25, -0.2) is 4.98 Å². The van der Waals surface area contributed by atoms with Crippen molar-refractivity contribution in [2.24, 2.45) is 0 Å². The first-order valence-electron chi connectivity index (χ1n) is 11.2. The number of piperazine rings is 1. The van der Waals surface area contributed by atoms with E-state index >= 15 is 0 Å². The van der Waals surface area contributed by atoms with Gasteiger partial charge in [-0.3, -0.25) is 4.90 Å². The molecule has 2 heterocycles. The van der Waals surface area contributed by atoms with Crippen LogP contribution in [0.5, 0.6) is 5.75 Å². The van der Waals surface area contributed by atoms with Gasteiger partial charge in [-0.15, -0.1) is 0 Å². The summed E-state index contributed by atoms with van der Waals surface area (Å²) in [5.74, 6) is 2.01. The van der Waals surface area contributed by atoms with Crippen LogP contribution >= 0.6 is 11.8 Å². The second-order valence-electron chi connectivity index (χ2n) is 8.12. The van der Waals surface area contributed by atoms with Crippen molar-refractivity contribution in [2.75, 3.05) is 58.3 Å². The monoisotopic (exact) mass is 448 g/mol. The van der Waals surface area contributed by atoms with Crippen LogP contribution in [-0.4, -0.2) is 68.2 Å². The first-order valence-corrected chi connectivity index (χ1v) is 12.0. The van der Waals surface area contributed by atoms with E-state index in [2.05, 4.69) is 75.3 Å². The van der Waals surface area contributed by atoms with Gasteiger partial charge in [0, 0.05) is 56.9 Å². The average molecular weight is 449 g/mol. The number of rotatable bonds is 9. The molecule has 0 N–H and O–H groups in total. The van der Waals surface area contributed by atoms with Gasteiger partial charge in [0.1, 0.15) is 11.6 Å². The molecule has 6 heteroatoms. The zero-order chi connectivity index (χ0) is 22.2. The van der Waals surface area contributed by atoms with Gasteiger partial charge in [0.15, 0.2) is 0 Å². The molecule has 1 aromatic heterocycles. The number of likely N-dealkylation sites (N-methyl/N-ethyl adjacent to an activating group) is 1. The van der Waals surface area contributed by atoms with Crippen molar-refractivity contribution in [3.63, 3.8) is 0 Å². The molecule has 1 fully saturated rings. The standard InChI is InChI=1S/C26H32N4OS/c1-28(15-16-29-17-19-30(20-18-29)26-13-7-8-14-27-26)21-22-9-3-5-11-24(22)32-25-12-6-4-10-23(25)31-2/h3-14H,15-21H2,1-2H3. The van der Waals surface area contributed by atoms with E-state index in [1.807, 2.05) is 24.4 Å². The number of ether oxygens (including phenoxy) is 1. The molecule has 1 aliphatic rings. The van der Waals surface area contributed by atoms with Gasteiger partial charge >= 0.3 is 0 Å². The quantitative estimate of drug-likeness (QED) is 0.479. The topological polar surface area (TPSA) is 31.8 Å². The van der Waals surface area contributed by atoms with E-state index in [1.54, 1.807) is 18.9 Å². The van der Waals surface area contributed by atoms with Crippen LogP contribution in [0.25, 0.3) is 0 Å². The molecule has 0 radical (unpaired) electrons. The molecule has 1 saturated heterocycles. The molecule has 0 unspecified atom stereocenters. The van der Waals surface area contributed by atoms with Crippen molar-refractivity contribution in [2.45, 2.75) is 16.3 Å². The minimum absolute atomic E-state index is 0.922. The zero-order valence-electron chi connectivity index (χ0n) is 19.0. The maximum atomic E-state index is 5.54. The van der Waals surface area contributed by atoms with E-state index < -0.39 is 0 Å². The van der Waals surface area contributed by atoms with E-state index in [0.717, 1.165) is 62.3 Å². The van der Waals surface area contributed by atoms with E-state index in [0.29, 0.717) is 0 Å². The van der Waals surface area contributed by atoms with Crippen molar-refractivity contribution in [1.82, 2.24) is 14.8 Å². The highest BCUT2D eigenvalue weighted by Crippen LogP contribution is 2.36. The van der Waals surface area contributed by atoms with Crippen molar-refractivity contribution in [3.05, 3.63) is 78.5 Å². The molecular formula is C26H32N4OS. The summed E-state index contributed by atoms with van der Waals surface area (Å²) in [6.07, 6.45) is 1.88.